The van der Waals surface area contributed by atoms with Crippen molar-refractivity contribution < 1.29 is 14.3 Å². The van der Waals surface area contributed by atoms with Crippen LogP contribution in [0.3, 0.4) is 0 Å². The van der Waals surface area contributed by atoms with Gasteiger partial charge in [0.15, 0.2) is 0 Å². The molecule has 0 N–H and O–H groups in total. The fourth-order valence-corrected chi connectivity index (χ4v) is 1.63. The van der Waals surface area contributed by atoms with Crippen molar-refractivity contribution in [1.82, 2.24) is 0 Å². The molecular weight excluding hydrogens is 204 g/mol. The summed E-state index contributed by atoms with van der Waals surface area (Å²) >= 11 is 0. The van der Waals surface area contributed by atoms with Crippen LogP contribution in [-0.2, 0) is 14.3 Å². The summed E-state index contributed by atoms with van der Waals surface area (Å²) in [5.74, 6) is -1.11. The third-order valence-corrected chi connectivity index (χ3v) is 2.49. The molecule has 82 valence electrons. The lowest BCUT2D eigenvalue weighted by Gasteiger charge is -1.98. The van der Waals surface area contributed by atoms with Crippen LogP contribution in [0.25, 0.3) is 6.08 Å². The molecular formula is C13H12O3. The predicted molar refractivity (Wildman–Crippen MR) is 59.3 cm³/mol. The molecule has 1 aromatic rings. The fraction of sp³-hybridized carbons (Fsp3) is 0.231. The van der Waals surface area contributed by atoms with E-state index in [0.717, 1.165) is 5.56 Å². The van der Waals surface area contributed by atoms with Gasteiger partial charge in [0.1, 0.15) is 0 Å². The Labute approximate surface area is 93.7 Å². The number of carbonyl (C=O) groups excluding carboxylic acids is 2. The second kappa shape index (κ2) is 4.75. The van der Waals surface area contributed by atoms with Crippen molar-refractivity contribution in [2.24, 2.45) is 5.92 Å². The second-order valence-electron chi connectivity index (χ2n) is 3.74. The first-order valence-electron chi connectivity index (χ1n) is 5.22. The van der Waals surface area contributed by atoms with Gasteiger partial charge >= 0.3 is 11.9 Å². The lowest BCUT2D eigenvalue weighted by molar-refractivity contribution is -0.153. The van der Waals surface area contributed by atoms with Crippen molar-refractivity contribution in [3.63, 3.8) is 0 Å². The van der Waals surface area contributed by atoms with Gasteiger partial charge in [-0.3, -0.25) is 9.59 Å². The third-order valence-electron chi connectivity index (χ3n) is 2.49. The van der Waals surface area contributed by atoms with Crippen LogP contribution in [0.1, 0.15) is 18.4 Å². The van der Waals surface area contributed by atoms with E-state index < -0.39 is 11.9 Å². The summed E-state index contributed by atoms with van der Waals surface area (Å²) in [6.45, 7) is 0. The summed E-state index contributed by atoms with van der Waals surface area (Å²) in [5, 5.41) is 0. The van der Waals surface area contributed by atoms with E-state index in [-0.39, 0.29) is 12.3 Å². The minimum Gasteiger partial charge on any atom is -0.393 e. The first kappa shape index (κ1) is 10.6. The van der Waals surface area contributed by atoms with Gasteiger partial charge in [0.25, 0.3) is 0 Å². The van der Waals surface area contributed by atoms with Gasteiger partial charge in [-0.25, -0.2) is 0 Å². The molecule has 0 saturated carbocycles. The first-order valence-corrected chi connectivity index (χ1v) is 5.22. The van der Waals surface area contributed by atoms with Gasteiger partial charge in [-0.05, 0) is 12.0 Å². The number of allylic oxidation sites excluding steroid dienone is 1. The fourth-order valence-electron chi connectivity index (χ4n) is 1.63. The minimum atomic E-state index is -0.414. The molecule has 0 aromatic heterocycles. The molecule has 16 heavy (non-hydrogen) atoms. The average Bonchev–Trinajstić information content (AvgIpc) is 2.59. The molecule has 0 unspecified atom stereocenters. The van der Waals surface area contributed by atoms with Crippen LogP contribution >= 0.6 is 0 Å². The highest BCUT2D eigenvalue weighted by Crippen LogP contribution is 2.20. The molecule has 0 aliphatic carbocycles. The standard InChI is InChI=1S/C13H12O3/c14-12-9-11(13(15)16-12)8-4-7-10-5-2-1-3-6-10/h1-7,11H,8-9H2/b7-4+/t11-/m1/s1. The molecule has 0 amide bonds. The van der Waals surface area contributed by atoms with Crippen molar-refractivity contribution in [2.75, 3.05) is 0 Å². The van der Waals surface area contributed by atoms with Crippen molar-refractivity contribution in [3.05, 3.63) is 42.0 Å². The Kier molecular flexibility index (Phi) is 3.15. The normalized spacial score (nSPS) is 20.4. The average molecular weight is 216 g/mol. The van der Waals surface area contributed by atoms with Crippen molar-refractivity contribution >= 4 is 18.0 Å². The number of hydrogen-bond donors (Lipinski definition) is 0. The lowest BCUT2D eigenvalue weighted by atomic mass is 10.0. The molecule has 1 aliphatic rings. The van der Waals surface area contributed by atoms with E-state index in [1.807, 2.05) is 42.5 Å². The Morgan fingerprint density at radius 3 is 2.62 bits per heavy atom. The van der Waals surface area contributed by atoms with Crippen LogP contribution in [0.15, 0.2) is 36.4 Å². The number of rotatable bonds is 3. The topological polar surface area (TPSA) is 43.4 Å². The Morgan fingerprint density at radius 1 is 1.25 bits per heavy atom. The predicted octanol–water partition coefficient (Wildman–Crippen LogP) is 2.18. The van der Waals surface area contributed by atoms with E-state index >= 15 is 0 Å². The van der Waals surface area contributed by atoms with Crippen molar-refractivity contribution in [1.29, 1.82) is 0 Å². The smallest absolute Gasteiger partial charge is 0.317 e. The molecule has 1 atom stereocenters. The molecule has 1 aromatic carbocycles. The van der Waals surface area contributed by atoms with E-state index in [1.54, 1.807) is 0 Å². The van der Waals surface area contributed by atoms with Gasteiger partial charge in [0, 0.05) is 0 Å². The van der Waals surface area contributed by atoms with Crippen LogP contribution in [0.4, 0.5) is 0 Å². The quantitative estimate of drug-likeness (QED) is 0.574. The van der Waals surface area contributed by atoms with Gasteiger partial charge < -0.3 is 4.74 Å². The maximum Gasteiger partial charge on any atom is 0.317 e. The second-order valence-corrected chi connectivity index (χ2v) is 3.74. The zero-order chi connectivity index (χ0) is 11.4. The van der Waals surface area contributed by atoms with Crippen LogP contribution in [0, 0.1) is 5.92 Å². The van der Waals surface area contributed by atoms with Crippen LogP contribution < -0.4 is 0 Å². The van der Waals surface area contributed by atoms with Crippen LogP contribution in [-0.4, -0.2) is 11.9 Å². The van der Waals surface area contributed by atoms with E-state index in [4.69, 9.17) is 0 Å². The Morgan fingerprint density at radius 2 is 2.00 bits per heavy atom. The summed E-state index contributed by atoms with van der Waals surface area (Å²) in [4.78, 5) is 22.0. The molecule has 3 nitrogen and oxygen atoms in total. The molecule has 1 aliphatic heterocycles. The minimum absolute atomic E-state index is 0.206. The highest BCUT2D eigenvalue weighted by molar-refractivity contribution is 5.94. The Bertz CT molecular complexity index is 420. The molecule has 0 bridgehead atoms. The number of esters is 2. The van der Waals surface area contributed by atoms with Gasteiger partial charge in [-0.2, -0.15) is 0 Å². The molecule has 3 heteroatoms. The van der Waals surface area contributed by atoms with Crippen molar-refractivity contribution in [2.45, 2.75) is 12.8 Å². The van der Waals surface area contributed by atoms with E-state index in [2.05, 4.69) is 4.74 Å². The van der Waals surface area contributed by atoms with Gasteiger partial charge in [-0.1, -0.05) is 42.5 Å². The highest BCUT2D eigenvalue weighted by atomic mass is 16.6. The number of carbonyl (C=O) groups is 2. The van der Waals surface area contributed by atoms with Gasteiger partial charge in [0.05, 0.1) is 12.3 Å². The van der Waals surface area contributed by atoms with Crippen molar-refractivity contribution in [3.8, 4) is 0 Å². The van der Waals surface area contributed by atoms with Crippen LogP contribution in [0.5, 0.6) is 0 Å². The molecule has 1 heterocycles. The zero-order valence-corrected chi connectivity index (χ0v) is 8.76. The summed E-state index contributed by atoms with van der Waals surface area (Å²) in [7, 11) is 0. The van der Waals surface area contributed by atoms with E-state index in [9.17, 15) is 9.59 Å². The molecule has 1 fully saturated rings. The highest BCUT2D eigenvalue weighted by Gasteiger charge is 2.31. The molecule has 2 rings (SSSR count). The van der Waals surface area contributed by atoms with Gasteiger partial charge in [0.2, 0.25) is 0 Å². The molecule has 0 spiro atoms. The Hall–Kier alpha value is -1.90. The molecule has 1 saturated heterocycles. The zero-order valence-electron chi connectivity index (χ0n) is 8.76. The van der Waals surface area contributed by atoms with E-state index in [0.29, 0.717) is 6.42 Å². The van der Waals surface area contributed by atoms with E-state index in [1.165, 1.54) is 0 Å². The summed E-state index contributed by atoms with van der Waals surface area (Å²) in [5.41, 5.74) is 1.08. The number of hydrogen-bond acceptors (Lipinski definition) is 3. The molecule has 0 radical (unpaired) electrons. The third kappa shape index (κ3) is 2.57. The maximum absolute atomic E-state index is 11.2. The largest absolute Gasteiger partial charge is 0.393 e. The number of ether oxygens (including phenoxy) is 1. The lowest BCUT2D eigenvalue weighted by Crippen LogP contribution is -2.05. The first-order chi connectivity index (χ1) is 7.75. The maximum atomic E-state index is 11.2. The number of benzene rings is 1. The SMILES string of the molecule is O=C1C[C@@H](C/C=C/c2ccccc2)C(=O)O1. The van der Waals surface area contributed by atoms with Crippen LogP contribution in [0.2, 0.25) is 0 Å². The summed E-state index contributed by atoms with van der Waals surface area (Å²) < 4.78 is 4.46. The summed E-state index contributed by atoms with van der Waals surface area (Å²) in [6, 6.07) is 9.81. The summed E-state index contributed by atoms with van der Waals surface area (Å²) in [6.07, 6.45) is 4.60. The Balaban J connectivity index is 1.90. The monoisotopic (exact) mass is 216 g/mol. The number of cyclic esters (lactones) is 2. The van der Waals surface area contributed by atoms with Gasteiger partial charge in [-0.15, -0.1) is 0 Å².